The van der Waals surface area contributed by atoms with Crippen LogP contribution in [0.4, 0.5) is 0 Å². The van der Waals surface area contributed by atoms with E-state index in [2.05, 4.69) is 15.9 Å². The predicted molar refractivity (Wildman–Crippen MR) is 79.7 cm³/mol. The van der Waals surface area contributed by atoms with E-state index in [4.69, 9.17) is 4.74 Å². The Labute approximate surface area is 123 Å². The summed E-state index contributed by atoms with van der Waals surface area (Å²) in [5.41, 5.74) is 0.659. The van der Waals surface area contributed by atoms with Gasteiger partial charge < -0.3 is 9.64 Å². The lowest BCUT2D eigenvalue weighted by Crippen LogP contribution is -2.34. The Bertz CT molecular complexity index is 440. The summed E-state index contributed by atoms with van der Waals surface area (Å²) in [6.07, 6.45) is 5.95. The van der Waals surface area contributed by atoms with Crippen molar-refractivity contribution >= 4 is 21.8 Å². The fourth-order valence-corrected chi connectivity index (χ4v) is 2.80. The molecular weight excluding hydrogens is 306 g/mol. The number of ether oxygens (including phenoxy) is 1. The number of carbonyl (C=O) groups excluding carboxylic acids is 1. The van der Waals surface area contributed by atoms with Gasteiger partial charge in [0.25, 0.3) is 5.91 Å². The second-order valence-electron chi connectivity index (χ2n) is 4.90. The standard InChI is InChI=1S/C15H20BrNO2/c1-19-14-11-12(16)7-8-13(14)15(18)17-9-5-3-2-4-6-10-17/h7-8,11H,2-6,9-10H2,1H3. The van der Waals surface area contributed by atoms with Gasteiger partial charge in [-0.25, -0.2) is 0 Å². The van der Waals surface area contributed by atoms with Crippen LogP contribution in [0.3, 0.4) is 0 Å². The number of amides is 1. The van der Waals surface area contributed by atoms with E-state index in [1.165, 1.54) is 19.3 Å². The Morgan fingerprint density at radius 3 is 2.42 bits per heavy atom. The van der Waals surface area contributed by atoms with Gasteiger partial charge in [-0.2, -0.15) is 0 Å². The first-order valence-electron chi connectivity index (χ1n) is 6.85. The fourth-order valence-electron chi connectivity index (χ4n) is 2.46. The van der Waals surface area contributed by atoms with Gasteiger partial charge in [-0.1, -0.05) is 35.2 Å². The molecule has 1 aromatic carbocycles. The Morgan fingerprint density at radius 2 is 1.79 bits per heavy atom. The third-order valence-corrected chi connectivity index (χ3v) is 4.03. The molecule has 0 radical (unpaired) electrons. The molecule has 1 aliphatic heterocycles. The molecular formula is C15H20BrNO2. The van der Waals surface area contributed by atoms with Crippen molar-refractivity contribution in [2.24, 2.45) is 0 Å². The van der Waals surface area contributed by atoms with E-state index in [0.717, 1.165) is 30.4 Å². The molecule has 0 aromatic heterocycles. The first-order valence-corrected chi connectivity index (χ1v) is 7.64. The summed E-state index contributed by atoms with van der Waals surface area (Å²) >= 11 is 3.40. The quantitative estimate of drug-likeness (QED) is 0.826. The highest BCUT2D eigenvalue weighted by molar-refractivity contribution is 9.10. The number of likely N-dealkylation sites (tertiary alicyclic amines) is 1. The molecule has 1 aromatic rings. The Kier molecular flexibility index (Phi) is 5.25. The van der Waals surface area contributed by atoms with Crippen molar-refractivity contribution in [1.82, 2.24) is 4.90 Å². The summed E-state index contributed by atoms with van der Waals surface area (Å²) in [5.74, 6) is 0.729. The van der Waals surface area contributed by atoms with Crippen LogP contribution in [0.1, 0.15) is 42.5 Å². The van der Waals surface area contributed by atoms with Crippen LogP contribution in [-0.2, 0) is 0 Å². The van der Waals surface area contributed by atoms with Crippen LogP contribution in [0.25, 0.3) is 0 Å². The highest BCUT2D eigenvalue weighted by Gasteiger charge is 2.20. The maximum absolute atomic E-state index is 12.6. The van der Waals surface area contributed by atoms with Crippen LogP contribution in [0.15, 0.2) is 22.7 Å². The summed E-state index contributed by atoms with van der Waals surface area (Å²) in [4.78, 5) is 14.5. The molecule has 0 unspecified atom stereocenters. The molecule has 3 nitrogen and oxygen atoms in total. The topological polar surface area (TPSA) is 29.5 Å². The van der Waals surface area contributed by atoms with Crippen LogP contribution < -0.4 is 4.74 Å². The number of methoxy groups -OCH3 is 1. The molecule has 104 valence electrons. The largest absolute Gasteiger partial charge is 0.496 e. The highest BCUT2D eigenvalue weighted by Crippen LogP contribution is 2.25. The van der Waals surface area contributed by atoms with Gasteiger partial charge in [0.1, 0.15) is 5.75 Å². The van der Waals surface area contributed by atoms with Crippen LogP contribution in [-0.4, -0.2) is 31.0 Å². The minimum Gasteiger partial charge on any atom is -0.496 e. The molecule has 1 saturated heterocycles. The van der Waals surface area contributed by atoms with Crippen molar-refractivity contribution in [3.63, 3.8) is 0 Å². The second kappa shape index (κ2) is 6.94. The SMILES string of the molecule is COc1cc(Br)ccc1C(=O)N1CCCCCCC1. The summed E-state index contributed by atoms with van der Waals surface area (Å²) < 4.78 is 6.24. The Hall–Kier alpha value is -1.03. The van der Waals surface area contributed by atoms with Crippen LogP contribution >= 0.6 is 15.9 Å². The molecule has 19 heavy (non-hydrogen) atoms. The Balaban J connectivity index is 2.17. The molecule has 1 aliphatic rings. The molecule has 0 bridgehead atoms. The lowest BCUT2D eigenvalue weighted by molar-refractivity contribution is 0.0739. The summed E-state index contributed by atoms with van der Waals surface area (Å²) in [7, 11) is 1.60. The van der Waals surface area contributed by atoms with E-state index in [1.807, 2.05) is 23.1 Å². The number of carbonyl (C=O) groups is 1. The highest BCUT2D eigenvalue weighted by atomic mass is 79.9. The van der Waals surface area contributed by atoms with Crippen molar-refractivity contribution in [2.45, 2.75) is 32.1 Å². The van der Waals surface area contributed by atoms with Crippen molar-refractivity contribution in [3.05, 3.63) is 28.2 Å². The zero-order chi connectivity index (χ0) is 13.7. The van der Waals surface area contributed by atoms with E-state index >= 15 is 0 Å². The molecule has 1 fully saturated rings. The van der Waals surface area contributed by atoms with Gasteiger partial charge in [0.2, 0.25) is 0 Å². The average molecular weight is 326 g/mol. The number of benzene rings is 1. The number of rotatable bonds is 2. The van der Waals surface area contributed by atoms with Gasteiger partial charge in [-0.05, 0) is 31.0 Å². The maximum Gasteiger partial charge on any atom is 0.257 e. The number of nitrogens with zero attached hydrogens (tertiary/aromatic N) is 1. The Morgan fingerprint density at radius 1 is 1.16 bits per heavy atom. The third-order valence-electron chi connectivity index (χ3n) is 3.54. The van der Waals surface area contributed by atoms with Crippen LogP contribution in [0.5, 0.6) is 5.75 Å². The van der Waals surface area contributed by atoms with Crippen molar-refractivity contribution in [2.75, 3.05) is 20.2 Å². The molecule has 0 spiro atoms. The van der Waals surface area contributed by atoms with Crippen molar-refractivity contribution in [3.8, 4) is 5.75 Å². The maximum atomic E-state index is 12.6. The minimum atomic E-state index is 0.0891. The molecule has 1 heterocycles. The van der Waals surface area contributed by atoms with Crippen LogP contribution in [0, 0.1) is 0 Å². The number of halogens is 1. The minimum absolute atomic E-state index is 0.0891. The summed E-state index contributed by atoms with van der Waals surface area (Å²) in [6.45, 7) is 1.72. The zero-order valence-corrected chi connectivity index (χ0v) is 12.9. The van der Waals surface area contributed by atoms with Gasteiger partial charge >= 0.3 is 0 Å². The van der Waals surface area contributed by atoms with Gasteiger partial charge in [-0.15, -0.1) is 0 Å². The molecule has 0 saturated carbocycles. The first kappa shape index (κ1) is 14.4. The predicted octanol–water partition coefficient (Wildman–Crippen LogP) is 3.86. The lowest BCUT2D eigenvalue weighted by Gasteiger charge is -2.25. The van der Waals surface area contributed by atoms with Crippen LogP contribution in [0.2, 0.25) is 0 Å². The summed E-state index contributed by atoms with van der Waals surface area (Å²) in [5, 5.41) is 0. The molecule has 4 heteroatoms. The first-order chi connectivity index (χ1) is 9.22. The zero-order valence-electron chi connectivity index (χ0n) is 11.3. The van der Waals surface area contributed by atoms with Gasteiger partial charge in [-0.3, -0.25) is 4.79 Å². The lowest BCUT2D eigenvalue weighted by atomic mass is 10.1. The average Bonchev–Trinajstić information content (AvgIpc) is 2.37. The molecule has 0 atom stereocenters. The van der Waals surface area contributed by atoms with Crippen molar-refractivity contribution in [1.29, 1.82) is 0 Å². The van der Waals surface area contributed by atoms with Gasteiger partial charge in [0.05, 0.1) is 12.7 Å². The van der Waals surface area contributed by atoms with E-state index in [0.29, 0.717) is 11.3 Å². The van der Waals surface area contributed by atoms with Gasteiger partial charge in [0, 0.05) is 17.6 Å². The fraction of sp³-hybridized carbons (Fsp3) is 0.533. The monoisotopic (exact) mass is 325 g/mol. The normalized spacial score (nSPS) is 16.6. The summed E-state index contributed by atoms with van der Waals surface area (Å²) in [6, 6.07) is 5.57. The molecule has 2 rings (SSSR count). The van der Waals surface area contributed by atoms with E-state index < -0.39 is 0 Å². The van der Waals surface area contributed by atoms with Crippen molar-refractivity contribution < 1.29 is 9.53 Å². The number of hydrogen-bond acceptors (Lipinski definition) is 2. The van der Waals surface area contributed by atoms with E-state index in [-0.39, 0.29) is 5.91 Å². The smallest absolute Gasteiger partial charge is 0.257 e. The molecule has 0 N–H and O–H groups in total. The van der Waals surface area contributed by atoms with E-state index in [1.54, 1.807) is 7.11 Å². The number of hydrogen-bond donors (Lipinski definition) is 0. The molecule has 0 aliphatic carbocycles. The molecule has 1 amide bonds. The van der Waals surface area contributed by atoms with E-state index in [9.17, 15) is 4.79 Å². The third kappa shape index (κ3) is 3.72. The second-order valence-corrected chi connectivity index (χ2v) is 5.82. The van der Waals surface area contributed by atoms with Gasteiger partial charge in [0.15, 0.2) is 0 Å².